The van der Waals surface area contributed by atoms with E-state index in [-0.39, 0.29) is 5.41 Å². The fraction of sp³-hybridized carbons (Fsp3) is 0.625. The summed E-state index contributed by atoms with van der Waals surface area (Å²) in [7, 11) is 0. The van der Waals surface area contributed by atoms with E-state index in [4.69, 9.17) is 4.74 Å². The van der Waals surface area contributed by atoms with Crippen LogP contribution < -0.4 is 5.32 Å². The molecule has 0 saturated heterocycles. The molecule has 1 aromatic carbocycles. The van der Waals surface area contributed by atoms with E-state index >= 15 is 0 Å². The highest BCUT2D eigenvalue weighted by atomic mass is 16.5. The molecule has 0 aliphatic carbocycles. The van der Waals surface area contributed by atoms with Gasteiger partial charge in [0.05, 0.1) is 6.61 Å². The SMILES string of the molecule is Cc1ccc2c(c1)CNCCOCCCC2(C)C. The molecule has 0 aromatic heterocycles. The minimum absolute atomic E-state index is 0.235. The number of fused-ring (bicyclic) bond motifs is 1. The summed E-state index contributed by atoms with van der Waals surface area (Å²) in [6.45, 7) is 10.4. The van der Waals surface area contributed by atoms with Crippen LogP contribution in [0.4, 0.5) is 0 Å². The predicted molar refractivity (Wildman–Crippen MR) is 76.0 cm³/mol. The predicted octanol–water partition coefficient (Wildman–Crippen LogP) is 3.17. The molecule has 2 nitrogen and oxygen atoms in total. The van der Waals surface area contributed by atoms with E-state index in [0.717, 1.165) is 32.7 Å². The Morgan fingerprint density at radius 3 is 2.89 bits per heavy atom. The number of hydrogen-bond acceptors (Lipinski definition) is 2. The average molecular weight is 247 g/mol. The topological polar surface area (TPSA) is 21.3 Å². The first kappa shape index (κ1) is 13.6. The summed E-state index contributed by atoms with van der Waals surface area (Å²) >= 11 is 0. The van der Waals surface area contributed by atoms with Crippen LogP contribution in [0.15, 0.2) is 18.2 Å². The molecular weight excluding hydrogens is 222 g/mol. The maximum atomic E-state index is 5.62. The molecule has 1 heterocycles. The van der Waals surface area contributed by atoms with Crippen molar-refractivity contribution in [1.29, 1.82) is 0 Å². The molecule has 0 atom stereocenters. The Hall–Kier alpha value is -0.860. The van der Waals surface area contributed by atoms with Gasteiger partial charge in [0.25, 0.3) is 0 Å². The molecular formula is C16H25NO. The van der Waals surface area contributed by atoms with Crippen molar-refractivity contribution in [1.82, 2.24) is 5.32 Å². The first-order valence-electron chi connectivity index (χ1n) is 6.98. The number of aryl methyl sites for hydroxylation is 1. The number of ether oxygens (including phenoxy) is 1. The molecule has 100 valence electrons. The molecule has 2 rings (SSSR count). The largest absolute Gasteiger partial charge is 0.380 e. The molecule has 1 aliphatic rings. The van der Waals surface area contributed by atoms with Gasteiger partial charge in [0, 0.05) is 19.7 Å². The zero-order valence-corrected chi connectivity index (χ0v) is 11.9. The van der Waals surface area contributed by atoms with Crippen LogP contribution in [0.3, 0.4) is 0 Å². The van der Waals surface area contributed by atoms with Crippen molar-refractivity contribution in [3.8, 4) is 0 Å². The standard InChI is InChI=1S/C16H25NO/c1-13-5-6-15-14(11-13)12-17-8-10-18-9-4-7-16(15,2)3/h5-6,11,17H,4,7-10,12H2,1-3H3. The summed E-state index contributed by atoms with van der Waals surface area (Å²) in [5.41, 5.74) is 4.51. The van der Waals surface area contributed by atoms with Gasteiger partial charge >= 0.3 is 0 Å². The van der Waals surface area contributed by atoms with Crippen LogP contribution in [0, 0.1) is 6.92 Å². The zero-order valence-electron chi connectivity index (χ0n) is 11.9. The van der Waals surface area contributed by atoms with Crippen LogP contribution in [-0.4, -0.2) is 19.8 Å². The monoisotopic (exact) mass is 247 g/mol. The summed E-state index contributed by atoms with van der Waals surface area (Å²) in [6.07, 6.45) is 2.32. The van der Waals surface area contributed by atoms with Gasteiger partial charge in [-0.05, 0) is 36.3 Å². The maximum Gasteiger partial charge on any atom is 0.0591 e. The molecule has 18 heavy (non-hydrogen) atoms. The molecule has 0 unspecified atom stereocenters. The molecule has 1 N–H and O–H groups in total. The van der Waals surface area contributed by atoms with Gasteiger partial charge in [-0.25, -0.2) is 0 Å². The third kappa shape index (κ3) is 3.33. The van der Waals surface area contributed by atoms with E-state index in [2.05, 4.69) is 44.3 Å². The first-order chi connectivity index (χ1) is 8.59. The Labute approximate surface area is 111 Å². The second kappa shape index (κ2) is 5.85. The van der Waals surface area contributed by atoms with Gasteiger partial charge in [0.2, 0.25) is 0 Å². The highest BCUT2D eigenvalue weighted by Gasteiger charge is 2.23. The van der Waals surface area contributed by atoms with E-state index in [0.29, 0.717) is 0 Å². The van der Waals surface area contributed by atoms with Gasteiger partial charge in [-0.3, -0.25) is 0 Å². The van der Waals surface area contributed by atoms with Crippen LogP contribution in [0.25, 0.3) is 0 Å². The third-order valence-electron chi connectivity index (χ3n) is 3.82. The number of nitrogens with one attached hydrogen (secondary N) is 1. The second-order valence-corrected chi connectivity index (χ2v) is 5.94. The Bertz CT molecular complexity index is 398. The van der Waals surface area contributed by atoms with Crippen molar-refractivity contribution in [3.63, 3.8) is 0 Å². The molecule has 0 radical (unpaired) electrons. The van der Waals surface area contributed by atoms with Gasteiger partial charge in [-0.15, -0.1) is 0 Å². The van der Waals surface area contributed by atoms with Crippen molar-refractivity contribution in [3.05, 3.63) is 34.9 Å². The van der Waals surface area contributed by atoms with Gasteiger partial charge in [-0.1, -0.05) is 37.6 Å². The molecule has 1 aromatic rings. The number of benzene rings is 1. The molecule has 0 bridgehead atoms. The minimum Gasteiger partial charge on any atom is -0.380 e. The van der Waals surface area contributed by atoms with Crippen molar-refractivity contribution in [2.24, 2.45) is 0 Å². The summed E-state index contributed by atoms with van der Waals surface area (Å²) in [5, 5.41) is 3.48. The second-order valence-electron chi connectivity index (χ2n) is 5.94. The normalized spacial score (nSPS) is 20.8. The van der Waals surface area contributed by atoms with Crippen LogP contribution in [-0.2, 0) is 16.7 Å². The first-order valence-corrected chi connectivity index (χ1v) is 6.98. The molecule has 0 saturated carbocycles. The molecule has 2 heteroatoms. The van der Waals surface area contributed by atoms with E-state index in [1.165, 1.54) is 23.1 Å². The van der Waals surface area contributed by atoms with Crippen LogP contribution in [0.2, 0.25) is 0 Å². The summed E-state index contributed by atoms with van der Waals surface area (Å²) < 4.78 is 5.62. The van der Waals surface area contributed by atoms with Crippen molar-refractivity contribution in [2.75, 3.05) is 19.8 Å². The lowest BCUT2D eigenvalue weighted by molar-refractivity contribution is 0.128. The van der Waals surface area contributed by atoms with E-state index in [9.17, 15) is 0 Å². The fourth-order valence-electron chi connectivity index (χ4n) is 2.75. The molecule has 0 spiro atoms. The Morgan fingerprint density at radius 1 is 1.22 bits per heavy atom. The van der Waals surface area contributed by atoms with Crippen LogP contribution in [0.1, 0.15) is 43.4 Å². The van der Waals surface area contributed by atoms with Crippen molar-refractivity contribution < 1.29 is 4.74 Å². The highest BCUT2D eigenvalue weighted by Crippen LogP contribution is 2.31. The van der Waals surface area contributed by atoms with Gasteiger partial charge < -0.3 is 10.1 Å². The zero-order chi connectivity index (χ0) is 13.0. The Kier molecular flexibility index (Phi) is 4.41. The van der Waals surface area contributed by atoms with E-state index in [1.807, 2.05) is 0 Å². The molecule has 1 aliphatic heterocycles. The molecule has 0 amide bonds. The van der Waals surface area contributed by atoms with E-state index in [1.54, 1.807) is 0 Å². The number of hydrogen-bond donors (Lipinski definition) is 1. The lowest BCUT2D eigenvalue weighted by Gasteiger charge is -2.28. The summed E-state index contributed by atoms with van der Waals surface area (Å²) in [4.78, 5) is 0. The minimum atomic E-state index is 0.235. The lowest BCUT2D eigenvalue weighted by Crippen LogP contribution is -2.23. The van der Waals surface area contributed by atoms with Crippen molar-refractivity contribution in [2.45, 2.75) is 45.6 Å². The van der Waals surface area contributed by atoms with Gasteiger partial charge in [0.1, 0.15) is 0 Å². The van der Waals surface area contributed by atoms with Crippen molar-refractivity contribution >= 4 is 0 Å². The lowest BCUT2D eigenvalue weighted by atomic mass is 9.78. The molecule has 0 fully saturated rings. The fourth-order valence-corrected chi connectivity index (χ4v) is 2.75. The highest BCUT2D eigenvalue weighted by molar-refractivity contribution is 5.36. The van der Waals surface area contributed by atoms with E-state index < -0.39 is 0 Å². The van der Waals surface area contributed by atoms with Gasteiger partial charge in [0.15, 0.2) is 0 Å². The quantitative estimate of drug-likeness (QED) is 0.760. The van der Waals surface area contributed by atoms with Gasteiger partial charge in [-0.2, -0.15) is 0 Å². The smallest absolute Gasteiger partial charge is 0.0591 e. The number of rotatable bonds is 0. The summed E-state index contributed by atoms with van der Waals surface area (Å²) in [6, 6.07) is 6.87. The van der Waals surface area contributed by atoms with Crippen LogP contribution in [0.5, 0.6) is 0 Å². The summed E-state index contributed by atoms with van der Waals surface area (Å²) in [5.74, 6) is 0. The Balaban J connectivity index is 2.30. The average Bonchev–Trinajstić information content (AvgIpc) is 2.34. The Morgan fingerprint density at radius 2 is 2.06 bits per heavy atom. The van der Waals surface area contributed by atoms with Crippen LogP contribution >= 0.6 is 0 Å². The third-order valence-corrected chi connectivity index (χ3v) is 3.82. The maximum absolute atomic E-state index is 5.62.